The minimum absolute atomic E-state index is 0.486. The molecule has 8 nitrogen and oxygen atoms in total. The van der Waals surface area contributed by atoms with E-state index in [1.165, 1.54) is 0 Å². The summed E-state index contributed by atoms with van der Waals surface area (Å²) in [6.07, 6.45) is 2.57. The molecular weight excluding hydrogens is 332 g/mol. The van der Waals surface area contributed by atoms with E-state index >= 15 is 0 Å². The maximum atomic E-state index is 5.35. The van der Waals surface area contributed by atoms with E-state index in [-0.39, 0.29) is 0 Å². The largest absolute Gasteiger partial charge is 0.493 e. The number of aliphatic imine (C=N–C) groups is 1. The van der Waals surface area contributed by atoms with Gasteiger partial charge in [-0.15, -0.1) is 10.2 Å². The monoisotopic (exact) mass is 360 g/mol. The van der Waals surface area contributed by atoms with E-state index < -0.39 is 0 Å². The highest BCUT2D eigenvalue weighted by molar-refractivity contribution is 5.79. The average Bonchev–Trinajstić information content (AvgIpc) is 3.13. The maximum Gasteiger partial charge on any atom is 0.191 e. The molecule has 0 unspecified atom stereocenters. The van der Waals surface area contributed by atoms with Gasteiger partial charge in [0.1, 0.15) is 12.9 Å². The molecule has 0 saturated heterocycles. The molecule has 0 spiro atoms. The van der Waals surface area contributed by atoms with Gasteiger partial charge in [0, 0.05) is 19.6 Å². The molecule has 0 atom stereocenters. The Kier molecular flexibility index (Phi) is 7.73. The first-order chi connectivity index (χ1) is 12.7. The van der Waals surface area contributed by atoms with Crippen LogP contribution in [0.1, 0.15) is 25.2 Å². The van der Waals surface area contributed by atoms with Gasteiger partial charge in [0.2, 0.25) is 0 Å². The Labute approximate surface area is 154 Å². The highest BCUT2D eigenvalue weighted by Gasteiger charge is 2.06. The SMILES string of the molecule is CCNC(=NCc1nncn1CC)NCCc1ccc(OC)c(OC)c1. The Morgan fingerprint density at radius 2 is 1.96 bits per heavy atom. The molecule has 0 aliphatic heterocycles. The lowest BCUT2D eigenvalue weighted by atomic mass is 10.1. The minimum atomic E-state index is 0.486. The van der Waals surface area contributed by atoms with Gasteiger partial charge in [0.05, 0.1) is 14.2 Å². The van der Waals surface area contributed by atoms with Gasteiger partial charge in [-0.25, -0.2) is 4.99 Å². The van der Waals surface area contributed by atoms with Crippen molar-refractivity contribution < 1.29 is 9.47 Å². The number of methoxy groups -OCH3 is 2. The molecule has 142 valence electrons. The number of nitrogens with one attached hydrogen (secondary N) is 2. The van der Waals surface area contributed by atoms with Crippen molar-refractivity contribution in [2.45, 2.75) is 33.4 Å². The smallest absolute Gasteiger partial charge is 0.191 e. The van der Waals surface area contributed by atoms with Crippen LogP contribution in [0.2, 0.25) is 0 Å². The van der Waals surface area contributed by atoms with Crippen LogP contribution in [0.3, 0.4) is 0 Å². The highest BCUT2D eigenvalue weighted by atomic mass is 16.5. The van der Waals surface area contributed by atoms with Crippen LogP contribution in [0.25, 0.3) is 0 Å². The molecule has 0 bridgehead atoms. The van der Waals surface area contributed by atoms with Crippen molar-refractivity contribution in [2.24, 2.45) is 4.99 Å². The molecule has 2 rings (SSSR count). The summed E-state index contributed by atoms with van der Waals surface area (Å²) in [4.78, 5) is 4.58. The first-order valence-corrected chi connectivity index (χ1v) is 8.81. The molecule has 0 fully saturated rings. The fourth-order valence-electron chi connectivity index (χ4n) is 2.52. The van der Waals surface area contributed by atoms with Gasteiger partial charge >= 0.3 is 0 Å². The minimum Gasteiger partial charge on any atom is -0.493 e. The number of nitrogens with zero attached hydrogens (tertiary/aromatic N) is 4. The Morgan fingerprint density at radius 3 is 2.65 bits per heavy atom. The number of guanidine groups is 1. The topological polar surface area (TPSA) is 85.6 Å². The van der Waals surface area contributed by atoms with E-state index in [1.807, 2.05) is 29.7 Å². The van der Waals surface area contributed by atoms with Crippen molar-refractivity contribution >= 4 is 5.96 Å². The van der Waals surface area contributed by atoms with E-state index in [0.717, 1.165) is 54.9 Å². The first kappa shape index (κ1) is 19.6. The second-order valence-electron chi connectivity index (χ2n) is 5.59. The van der Waals surface area contributed by atoms with Crippen LogP contribution in [0, 0.1) is 0 Å². The molecule has 0 aliphatic rings. The second-order valence-corrected chi connectivity index (χ2v) is 5.59. The van der Waals surface area contributed by atoms with E-state index in [9.17, 15) is 0 Å². The average molecular weight is 360 g/mol. The lowest BCUT2D eigenvalue weighted by molar-refractivity contribution is 0.354. The van der Waals surface area contributed by atoms with Crippen LogP contribution in [-0.4, -0.2) is 48.0 Å². The third-order valence-electron chi connectivity index (χ3n) is 3.91. The van der Waals surface area contributed by atoms with Crippen molar-refractivity contribution in [2.75, 3.05) is 27.3 Å². The van der Waals surface area contributed by atoms with Crippen molar-refractivity contribution in [3.05, 3.63) is 35.9 Å². The highest BCUT2D eigenvalue weighted by Crippen LogP contribution is 2.27. The molecule has 0 saturated carbocycles. The molecule has 0 aliphatic carbocycles. The Balaban J connectivity index is 1.93. The molecule has 2 N–H and O–H groups in total. The molecular formula is C18H28N6O2. The predicted molar refractivity (Wildman–Crippen MR) is 102 cm³/mol. The van der Waals surface area contributed by atoms with Crippen LogP contribution in [0.5, 0.6) is 11.5 Å². The zero-order chi connectivity index (χ0) is 18.8. The summed E-state index contributed by atoms with van der Waals surface area (Å²) in [6.45, 7) is 6.97. The quantitative estimate of drug-likeness (QED) is 0.522. The Morgan fingerprint density at radius 1 is 1.15 bits per heavy atom. The summed E-state index contributed by atoms with van der Waals surface area (Å²) in [7, 11) is 3.28. The summed E-state index contributed by atoms with van der Waals surface area (Å²) in [5, 5.41) is 14.6. The van der Waals surface area contributed by atoms with Crippen LogP contribution in [0.4, 0.5) is 0 Å². The normalized spacial score (nSPS) is 11.3. The van der Waals surface area contributed by atoms with Crippen molar-refractivity contribution in [1.29, 1.82) is 0 Å². The molecule has 1 aromatic heterocycles. The maximum absolute atomic E-state index is 5.35. The first-order valence-electron chi connectivity index (χ1n) is 8.81. The summed E-state index contributed by atoms with van der Waals surface area (Å²) < 4.78 is 12.6. The molecule has 0 amide bonds. The van der Waals surface area contributed by atoms with Gasteiger partial charge in [0.25, 0.3) is 0 Å². The third-order valence-corrected chi connectivity index (χ3v) is 3.91. The second kappa shape index (κ2) is 10.3. The van der Waals surface area contributed by atoms with E-state index in [4.69, 9.17) is 9.47 Å². The summed E-state index contributed by atoms with van der Waals surface area (Å²) >= 11 is 0. The Bertz CT molecular complexity index is 713. The molecule has 26 heavy (non-hydrogen) atoms. The third kappa shape index (κ3) is 5.37. The van der Waals surface area contributed by atoms with E-state index in [2.05, 4.69) is 32.7 Å². The number of benzene rings is 1. The van der Waals surface area contributed by atoms with Gasteiger partial charge in [-0.2, -0.15) is 0 Å². The van der Waals surface area contributed by atoms with Crippen LogP contribution < -0.4 is 20.1 Å². The summed E-state index contributed by atoms with van der Waals surface area (Å²) in [5.41, 5.74) is 1.16. The van der Waals surface area contributed by atoms with Gasteiger partial charge in [-0.05, 0) is 38.0 Å². The van der Waals surface area contributed by atoms with E-state index in [0.29, 0.717) is 6.54 Å². The van der Waals surface area contributed by atoms with Gasteiger partial charge < -0.3 is 24.7 Å². The number of hydrogen-bond donors (Lipinski definition) is 2. The lowest BCUT2D eigenvalue weighted by Gasteiger charge is -2.12. The number of ether oxygens (including phenoxy) is 2. The van der Waals surface area contributed by atoms with Crippen molar-refractivity contribution in [1.82, 2.24) is 25.4 Å². The van der Waals surface area contributed by atoms with Crippen molar-refractivity contribution in [3.63, 3.8) is 0 Å². The number of aromatic nitrogens is 3. The predicted octanol–water partition coefficient (Wildman–Crippen LogP) is 1.61. The van der Waals surface area contributed by atoms with Crippen LogP contribution >= 0.6 is 0 Å². The van der Waals surface area contributed by atoms with Gasteiger partial charge in [-0.3, -0.25) is 0 Å². The summed E-state index contributed by atoms with van der Waals surface area (Å²) in [5.74, 6) is 3.09. The van der Waals surface area contributed by atoms with Crippen LogP contribution in [-0.2, 0) is 19.5 Å². The van der Waals surface area contributed by atoms with Crippen LogP contribution in [0.15, 0.2) is 29.5 Å². The van der Waals surface area contributed by atoms with Gasteiger partial charge in [0.15, 0.2) is 23.3 Å². The molecule has 8 heteroatoms. The summed E-state index contributed by atoms with van der Waals surface area (Å²) in [6, 6.07) is 5.95. The zero-order valence-electron chi connectivity index (χ0n) is 16.0. The Hall–Kier alpha value is -2.77. The number of aryl methyl sites for hydroxylation is 1. The fourth-order valence-corrected chi connectivity index (χ4v) is 2.52. The lowest BCUT2D eigenvalue weighted by Crippen LogP contribution is -2.38. The number of hydrogen-bond acceptors (Lipinski definition) is 5. The fraction of sp³-hybridized carbons (Fsp3) is 0.500. The van der Waals surface area contributed by atoms with Gasteiger partial charge in [-0.1, -0.05) is 6.07 Å². The van der Waals surface area contributed by atoms with Crippen molar-refractivity contribution in [3.8, 4) is 11.5 Å². The molecule has 1 heterocycles. The molecule has 2 aromatic rings. The van der Waals surface area contributed by atoms with E-state index in [1.54, 1.807) is 20.5 Å². The number of rotatable bonds is 9. The molecule has 0 radical (unpaired) electrons. The zero-order valence-corrected chi connectivity index (χ0v) is 16.0. The molecule has 1 aromatic carbocycles. The standard InChI is InChI=1S/C18H28N6O2/c1-5-19-18(21-12-17-23-22-13-24(17)6-2)20-10-9-14-7-8-15(25-3)16(11-14)26-4/h7-8,11,13H,5-6,9-10,12H2,1-4H3,(H2,19,20,21).